The average Bonchev–Trinajstić information content (AvgIpc) is 3.14. The van der Waals surface area contributed by atoms with Crippen molar-refractivity contribution in [1.29, 1.82) is 0 Å². The molecule has 1 atom stereocenters. The first-order valence-electron chi connectivity index (χ1n) is 9.60. The molecule has 0 aliphatic carbocycles. The van der Waals surface area contributed by atoms with E-state index in [4.69, 9.17) is 4.74 Å². The molecule has 0 spiro atoms. The molecule has 1 aliphatic heterocycles. The topological polar surface area (TPSA) is 79.6 Å². The second-order valence-electron chi connectivity index (χ2n) is 7.38. The van der Waals surface area contributed by atoms with Gasteiger partial charge in [-0.25, -0.2) is 4.98 Å². The highest BCUT2D eigenvalue weighted by atomic mass is 19.4. The maximum atomic E-state index is 13.5. The maximum absolute atomic E-state index is 13.5. The second kappa shape index (κ2) is 9.15. The number of nitrogens with zero attached hydrogens (tertiary/aromatic N) is 3. The summed E-state index contributed by atoms with van der Waals surface area (Å²) in [6.07, 6.45) is -3.80. The van der Waals surface area contributed by atoms with E-state index in [0.29, 0.717) is 13.2 Å². The molecule has 1 amide bonds. The third kappa shape index (κ3) is 5.18. The standard InChI is InChI=1S/C20H25F3N4O3/c1-26-7-6-24-18(26)19(29,20(21,22)23)12-17(28)25-13-15-2-4-16(5-3-15)14-27-8-10-30-11-9-27/h2-7,29H,8-14H2,1H3,(H,25,28). The van der Waals surface area contributed by atoms with E-state index in [1.807, 2.05) is 24.3 Å². The van der Waals surface area contributed by atoms with Crippen LogP contribution in [0.1, 0.15) is 23.4 Å². The Morgan fingerprint density at radius 2 is 1.83 bits per heavy atom. The van der Waals surface area contributed by atoms with Gasteiger partial charge in [0, 0.05) is 45.6 Å². The Kier molecular flexibility index (Phi) is 6.79. The van der Waals surface area contributed by atoms with Gasteiger partial charge in [0.05, 0.1) is 19.6 Å². The number of carbonyl (C=O) groups is 1. The molecule has 2 heterocycles. The first-order valence-corrected chi connectivity index (χ1v) is 9.60. The smallest absolute Gasteiger partial charge is 0.379 e. The first kappa shape index (κ1) is 22.3. The van der Waals surface area contributed by atoms with E-state index in [9.17, 15) is 23.1 Å². The number of hydrogen-bond acceptors (Lipinski definition) is 5. The van der Waals surface area contributed by atoms with E-state index in [1.165, 1.54) is 13.2 Å². The van der Waals surface area contributed by atoms with Crippen molar-refractivity contribution in [2.75, 3.05) is 26.3 Å². The van der Waals surface area contributed by atoms with Crippen molar-refractivity contribution >= 4 is 5.91 Å². The summed E-state index contributed by atoms with van der Waals surface area (Å²) in [5.41, 5.74) is -1.51. The lowest BCUT2D eigenvalue weighted by Crippen LogP contribution is -2.47. The van der Waals surface area contributed by atoms with E-state index < -0.39 is 29.9 Å². The number of ether oxygens (including phenoxy) is 1. The Labute approximate surface area is 172 Å². The zero-order valence-corrected chi connectivity index (χ0v) is 16.7. The predicted molar refractivity (Wildman–Crippen MR) is 102 cm³/mol. The molecule has 164 valence electrons. The minimum Gasteiger partial charge on any atom is -0.379 e. The van der Waals surface area contributed by atoms with Gasteiger partial charge in [0.25, 0.3) is 0 Å². The maximum Gasteiger partial charge on any atom is 0.425 e. The molecule has 1 fully saturated rings. The van der Waals surface area contributed by atoms with Crippen LogP contribution in [0, 0.1) is 0 Å². The van der Waals surface area contributed by atoms with Gasteiger partial charge in [-0.05, 0) is 11.1 Å². The largest absolute Gasteiger partial charge is 0.425 e. The highest BCUT2D eigenvalue weighted by Gasteiger charge is 2.58. The molecule has 3 rings (SSSR count). The molecule has 0 bridgehead atoms. The number of carbonyl (C=O) groups excluding carboxylic acids is 1. The lowest BCUT2D eigenvalue weighted by Gasteiger charge is -2.29. The van der Waals surface area contributed by atoms with Crippen LogP contribution in [0.3, 0.4) is 0 Å². The van der Waals surface area contributed by atoms with Gasteiger partial charge in [0.1, 0.15) is 0 Å². The number of imidazole rings is 1. The zero-order valence-electron chi connectivity index (χ0n) is 16.7. The third-order valence-corrected chi connectivity index (χ3v) is 5.10. The van der Waals surface area contributed by atoms with Crippen molar-refractivity contribution in [3.63, 3.8) is 0 Å². The van der Waals surface area contributed by atoms with E-state index >= 15 is 0 Å². The van der Waals surface area contributed by atoms with Crippen LogP contribution in [0.5, 0.6) is 0 Å². The van der Waals surface area contributed by atoms with Gasteiger partial charge >= 0.3 is 6.18 Å². The summed E-state index contributed by atoms with van der Waals surface area (Å²) in [5.74, 6) is -1.55. The van der Waals surface area contributed by atoms with Crippen LogP contribution in [0.4, 0.5) is 13.2 Å². The fourth-order valence-corrected chi connectivity index (χ4v) is 3.35. The van der Waals surface area contributed by atoms with Gasteiger partial charge in [-0.3, -0.25) is 9.69 Å². The molecule has 0 radical (unpaired) electrons. The Balaban J connectivity index is 1.57. The number of morpholine rings is 1. The van der Waals surface area contributed by atoms with Crippen molar-refractivity contribution in [1.82, 2.24) is 19.8 Å². The number of hydrogen-bond donors (Lipinski definition) is 2. The van der Waals surface area contributed by atoms with Crippen molar-refractivity contribution < 1.29 is 27.8 Å². The SMILES string of the molecule is Cn1ccnc1C(O)(CC(=O)NCc1ccc(CN2CCOCC2)cc1)C(F)(F)F. The van der Waals surface area contributed by atoms with Crippen molar-refractivity contribution in [3.8, 4) is 0 Å². The van der Waals surface area contributed by atoms with Gasteiger partial charge < -0.3 is 19.7 Å². The fraction of sp³-hybridized carbons (Fsp3) is 0.500. The molecule has 1 saturated heterocycles. The van der Waals surface area contributed by atoms with Gasteiger partial charge in [-0.15, -0.1) is 0 Å². The van der Waals surface area contributed by atoms with E-state index in [2.05, 4.69) is 15.2 Å². The minimum atomic E-state index is -5.05. The molecule has 1 aliphatic rings. The summed E-state index contributed by atoms with van der Waals surface area (Å²) in [5, 5.41) is 12.7. The number of aliphatic hydroxyl groups is 1. The third-order valence-electron chi connectivity index (χ3n) is 5.10. The number of benzene rings is 1. The second-order valence-corrected chi connectivity index (χ2v) is 7.38. The monoisotopic (exact) mass is 426 g/mol. The van der Waals surface area contributed by atoms with Gasteiger partial charge in [-0.2, -0.15) is 13.2 Å². The van der Waals surface area contributed by atoms with Crippen LogP contribution in [0.25, 0.3) is 0 Å². The van der Waals surface area contributed by atoms with Gasteiger partial charge in [0.2, 0.25) is 11.5 Å². The zero-order chi connectivity index (χ0) is 21.8. The molecule has 30 heavy (non-hydrogen) atoms. The number of amides is 1. The van der Waals surface area contributed by atoms with E-state index in [0.717, 1.165) is 41.5 Å². The van der Waals surface area contributed by atoms with Crippen molar-refractivity contribution in [2.45, 2.75) is 31.3 Å². The Morgan fingerprint density at radius 1 is 1.20 bits per heavy atom. The summed E-state index contributed by atoms with van der Waals surface area (Å²) in [4.78, 5) is 18.0. The highest BCUT2D eigenvalue weighted by Crippen LogP contribution is 2.40. The Hall–Kier alpha value is -2.43. The molecule has 2 aromatic rings. The number of alkyl halides is 3. The van der Waals surface area contributed by atoms with Crippen LogP contribution in [-0.4, -0.2) is 57.9 Å². The van der Waals surface area contributed by atoms with Gasteiger partial charge in [-0.1, -0.05) is 24.3 Å². The minimum absolute atomic E-state index is 0.0607. The molecule has 7 nitrogen and oxygen atoms in total. The van der Waals surface area contributed by atoms with Crippen LogP contribution in [-0.2, 0) is 35.3 Å². The molecule has 1 aromatic carbocycles. The molecular weight excluding hydrogens is 401 g/mol. The summed E-state index contributed by atoms with van der Waals surface area (Å²) in [6.45, 7) is 4.02. The molecule has 2 N–H and O–H groups in total. The molecule has 0 saturated carbocycles. The highest BCUT2D eigenvalue weighted by molar-refractivity contribution is 5.77. The lowest BCUT2D eigenvalue weighted by molar-refractivity contribution is -0.271. The van der Waals surface area contributed by atoms with Gasteiger partial charge in [0.15, 0.2) is 5.82 Å². The van der Waals surface area contributed by atoms with E-state index in [1.54, 1.807) is 0 Å². The number of halogens is 3. The summed E-state index contributed by atoms with van der Waals surface area (Å²) in [7, 11) is 1.33. The van der Waals surface area contributed by atoms with Crippen LogP contribution in [0.15, 0.2) is 36.7 Å². The molecule has 1 aromatic heterocycles. The summed E-state index contributed by atoms with van der Waals surface area (Å²) >= 11 is 0. The number of nitrogens with one attached hydrogen (secondary N) is 1. The quantitative estimate of drug-likeness (QED) is 0.705. The van der Waals surface area contributed by atoms with Crippen LogP contribution < -0.4 is 5.32 Å². The number of rotatable bonds is 7. The molecule has 10 heteroatoms. The summed E-state index contributed by atoms with van der Waals surface area (Å²) < 4.78 is 46.9. The fourth-order valence-electron chi connectivity index (χ4n) is 3.35. The van der Waals surface area contributed by atoms with Crippen molar-refractivity contribution in [2.24, 2.45) is 7.05 Å². The molecule has 1 unspecified atom stereocenters. The predicted octanol–water partition coefficient (Wildman–Crippen LogP) is 1.71. The normalized spacial score (nSPS) is 17.5. The Morgan fingerprint density at radius 3 is 2.40 bits per heavy atom. The van der Waals surface area contributed by atoms with Crippen molar-refractivity contribution in [3.05, 3.63) is 53.6 Å². The van der Waals surface area contributed by atoms with Crippen LogP contribution >= 0.6 is 0 Å². The van der Waals surface area contributed by atoms with Crippen LogP contribution in [0.2, 0.25) is 0 Å². The number of aryl methyl sites for hydroxylation is 1. The summed E-state index contributed by atoms with van der Waals surface area (Å²) in [6, 6.07) is 7.50. The van der Waals surface area contributed by atoms with E-state index in [-0.39, 0.29) is 6.54 Å². The first-order chi connectivity index (χ1) is 14.2. The molecular formula is C20H25F3N4O3. The average molecular weight is 426 g/mol. The number of aromatic nitrogens is 2. The lowest BCUT2D eigenvalue weighted by atomic mass is 9.97. The Bertz CT molecular complexity index is 848.